The van der Waals surface area contributed by atoms with Crippen molar-refractivity contribution < 1.29 is 19.1 Å². The molecule has 8 nitrogen and oxygen atoms in total. The first-order valence-electron chi connectivity index (χ1n) is 8.50. The first-order valence-corrected chi connectivity index (χ1v) is 8.50. The fourth-order valence-corrected chi connectivity index (χ4v) is 2.69. The van der Waals surface area contributed by atoms with Crippen molar-refractivity contribution in [3.63, 3.8) is 0 Å². The molecule has 0 bridgehead atoms. The summed E-state index contributed by atoms with van der Waals surface area (Å²) in [7, 11) is 1.60. The molecule has 0 radical (unpaired) electrons. The van der Waals surface area contributed by atoms with Gasteiger partial charge in [0, 0.05) is 32.9 Å². The Kier molecular flexibility index (Phi) is 5.85. The Hall–Kier alpha value is -2.87. The number of carbonyl (C=O) groups excluding carboxylic acids is 2. The number of carbonyl (C=O) groups is 2. The van der Waals surface area contributed by atoms with Gasteiger partial charge in [-0.25, -0.2) is 4.98 Å². The first kappa shape index (κ1) is 17.9. The molecule has 1 aromatic heterocycles. The monoisotopic (exact) mass is 358 g/mol. The predicted molar refractivity (Wildman–Crippen MR) is 94.3 cm³/mol. The van der Waals surface area contributed by atoms with Crippen LogP contribution in [-0.2, 0) is 11.3 Å². The number of para-hydroxylation sites is 1. The highest BCUT2D eigenvalue weighted by Gasteiger charge is 2.27. The maximum Gasteiger partial charge on any atom is 0.290 e. The molecule has 2 aromatic rings. The molecular formula is C18H22N4O4. The molecule has 1 aliphatic rings. The van der Waals surface area contributed by atoms with Gasteiger partial charge in [0.2, 0.25) is 0 Å². The number of fused-ring (bicyclic) bond motifs is 1. The second-order valence-electron chi connectivity index (χ2n) is 5.85. The summed E-state index contributed by atoms with van der Waals surface area (Å²) in [5, 5.41) is 2.75. The molecule has 0 fully saturated rings. The van der Waals surface area contributed by atoms with Crippen molar-refractivity contribution in [3.05, 3.63) is 48.0 Å². The summed E-state index contributed by atoms with van der Waals surface area (Å²) in [6.07, 6.45) is 1.62. The highest BCUT2D eigenvalue weighted by atomic mass is 16.5. The van der Waals surface area contributed by atoms with Crippen molar-refractivity contribution >= 4 is 11.8 Å². The average molecular weight is 358 g/mol. The van der Waals surface area contributed by atoms with Crippen molar-refractivity contribution in [3.8, 4) is 5.75 Å². The van der Waals surface area contributed by atoms with Gasteiger partial charge >= 0.3 is 0 Å². The summed E-state index contributed by atoms with van der Waals surface area (Å²) < 4.78 is 12.3. The lowest BCUT2D eigenvalue weighted by atomic mass is 10.3. The van der Waals surface area contributed by atoms with E-state index in [-0.39, 0.29) is 23.3 Å². The van der Waals surface area contributed by atoms with Crippen LogP contribution in [0.1, 0.15) is 21.1 Å². The van der Waals surface area contributed by atoms with E-state index >= 15 is 0 Å². The largest absolute Gasteiger partial charge is 0.492 e. The normalized spacial score (nSPS) is 13.4. The van der Waals surface area contributed by atoms with Crippen LogP contribution in [0.3, 0.4) is 0 Å². The van der Waals surface area contributed by atoms with Crippen LogP contribution in [0.2, 0.25) is 0 Å². The van der Waals surface area contributed by atoms with Crippen LogP contribution < -0.4 is 10.1 Å². The van der Waals surface area contributed by atoms with Crippen LogP contribution in [0.15, 0.2) is 36.5 Å². The standard InChI is InChI=1S/C18H22N4O4/c1-25-12-10-21-8-9-22-13-15(20-16(22)18(21)24)17(23)19-7-11-26-14-5-3-2-4-6-14/h2-6,13H,7-12H2,1H3,(H,19,23). The fraction of sp³-hybridized carbons (Fsp3) is 0.389. The van der Waals surface area contributed by atoms with Crippen LogP contribution >= 0.6 is 0 Å². The molecule has 3 rings (SSSR count). The molecule has 26 heavy (non-hydrogen) atoms. The van der Waals surface area contributed by atoms with Crippen molar-refractivity contribution in [1.82, 2.24) is 19.8 Å². The number of imidazole rings is 1. The first-order chi connectivity index (χ1) is 12.7. The third-order valence-corrected chi connectivity index (χ3v) is 4.06. The van der Waals surface area contributed by atoms with Gasteiger partial charge in [-0.05, 0) is 12.1 Å². The molecule has 0 aliphatic carbocycles. The number of rotatable bonds is 8. The molecule has 1 N–H and O–H groups in total. The van der Waals surface area contributed by atoms with Gasteiger partial charge in [-0.3, -0.25) is 9.59 Å². The molecule has 0 saturated heterocycles. The zero-order chi connectivity index (χ0) is 18.4. The minimum absolute atomic E-state index is 0.181. The third-order valence-electron chi connectivity index (χ3n) is 4.06. The number of nitrogens with zero attached hydrogens (tertiary/aromatic N) is 3. The zero-order valence-corrected chi connectivity index (χ0v) is 14.7. The van der Waals surface area contributed by atoms with Crippen molar-refractivity contribution in [2.45, 2.75) is 6.54 Å². The van der Waals surface area contributed by atoms with E-state index in [1.807, 2.05) is 30.3 Å². The van der Waals surface area contributed by atoms with Gasteiger partial charge in [-0.1, -0.05) is 18.2 Å². The predicted octanol–water partition coefficient (Wildman–Crippen LogP) is 0.794. The van der Waals surface area contributed by atoms with Crippen LogP contribution in [0.5, 0.6) is 5.75 Å². The summed E-state index contributed by atoms with van der Waals surface area (Å²) in [4.78, 5) is 30.5. The average Bonchev–Trinajstić information content (AvgIpc) is 3.11. The van der Waals surface area contributed by atoms with Crippen molar-refractivity contribution in [2.24, 2.45) is 0 Å². The molecule has 2 amide bonds. The maximum absolute atomic E-state index is 12.4. The lowest BCUT2D eigenvalue weighted by molar-refractivity contribution is 0.0633. The van der Waals surface area contributed by atoms with E-state index in [1.54, 1.807) is 22.8 Å². The Balaban J connectivity index is 1.52. The third kappa shape index (κ3) is 4.20. The van der Waals surface area contributed by atoms with E-state index in [2.05, 4.69) is 10.3 Å². The minimum atomic E-state index is -0.320. The molecule has 8 heteroatoms. The maximum atomic E-state index is 12.4. The summed E-state index contributed by atoms with van der Waals surface area (Å²) in [5.74, 6) is 0.540. The van der Waals surface area contributed by atoms with Gasteiger partial charge in [0.05, 0.1) is 13.2 Å². The van der Waals surface area contributed by atoms with Crippen LogP contribution in [-0.4, -0.2) is 66.2 Å². The molecule has 138 valence electrons. The lowest BCUT2D eigenvalue weighted by Gasteiger charge is -2.26. The molecule has 2 heterocycles. The quantitative estimate of drug-likeness (QED) is 0.706. The number of methoxy groups -OCH3 is 1. The van der Waals surface area contributed by atoms with Crippen LogP contribution in [0.25, 0.3) is 0 Å². The Morgan fingerprint density at radius 1 is 1.23 bits per heavy atom. The van der Waals surface area contributed by atoms with Gasteiger partial charge in [-0.2, -0.15) is 0 Å². The van der Waals surface area contributed by atoms with Crippen molar-refractivity contribution in [1.29, 1.82) is 0 Å². The van der Waals surface area contributed by atoms with Crippen LogP contribution in [0, 0.1) is 0 Å². The number of hydrogen-bond donors (Lipinski definition) is 1. The number of nitrogens with one attached hydrogen (secondary N) is 1. The molecule has 0 unspecified atom stereocenters. The van der Waals surface area contributed by atoms with Crippen molar-refractivity contribution in [2.75, 3.05) is 40.0 Å². The zero-order valence-electron chi connectivity index (χ0n) is 14.7. The minimum Gasteiger partial charge on any atom is -0.492 e. The SMILES string of the molecule is COCCN1CCn2cc(C(=O)NCCOc3ccccc3)nc2C1=O. The second kappa shape index (κ2) is 8.48. The number of hydrogen-bond acceptors (Lipinski definition) is 5. The van der Waals surface area contributed by atoms with Crippen LogP contribution in [0.4, 0.5) is 0 Å². The molecule has 0 atom stereocenters. The summed E-state index contributed by atoms with van der Waals surface area (Å²) in [5.41, 5.74) is 0.238. The lowest BCUT2D eigenvalue weighted by Crippen LogP contribution is -2.42. The Morgan fingerprint density at radius 2 is 2.04 bits per heavy atom. The van der Waals surface area contributed by atoms with Gasteiger partial charge in [0.1, 0.15) is 18.1 Å². The number of amides is 2. The summed E-state index contributed by atoms with van der Waals surface area (Å²) in [6, 6.07) is 9.39. The second-order valence-corrected chi connectivity index (χ2v) is 5.85. The van der Waals surface area contributed by atoms with E-state index in [9.17, 15) is 9.59 Å². The van der Waals surface area contributed by atoms with Gasteiger partial charge in [0.15, 0.2) is 5.82 Å². The number of benzene rings is 1. The highest BCUT2D eigenvalue weighted by Crippen LogP contribution is 2.13. The van der Waals surface area contributed by atoms with E-state index in [1.165, 1.54) is 0 Å². The topological polar surface area (TPSA) is 85.7 Å². The molecule has 1 aliphatic heterocycles. The van der Waals surface area contributed by atoms with Gasteiger partial charge in [0.25, 0.3) is 11.8 Å². The number of ether oxygens (including phenoxy) is 2. The smallest absolute Gasteiger partial charge is 0.290 e. The van der Waals surface area contributed by atoms with E-state index in [0.717, 1.165) is 5.75 Å². The molecule has 0 spiro atoms. The molecule has 0 saturated carbocycles. The van der Waals surface area contributed by atoms with E-state index < -0.39 is 0 Å². The Bertz CT molecular complexity index is 760. The Morgan fingerprint density at radius 3 is 2.81 bits per heavy atom. The van der Waals surface area contributed by atoms with E-state index in [4.69, 9.17) is 9.47 Å². The fourth-order valence-electron chi connectivity index (χ4n) is 2.69. The molecular weight excluding hydrogens is 336 g/mol. The Labute approximate surface area is 151 Å². The summed E-state index contributed by atoms with van der Waals surface area (Å²) >= 11 is 0. The summed E-state index contributed by atoms with van der Waals surface area (Å²) in [6.45, 7) is 2.89. The van der Waals surface area contributed by atoms with Gasteiger partial charge in [-0.15, -0.1) is 0 Å². The van der Waals surface area contributed by atoms with E-state index in [0.29, 0.717) is 39.4 Å². The highest BCUT2D eigenvalue weighted by molar-refractivity contribution is 5.96. The number of aromatic nitrogens is 2. The van der Waals surface area contributed by atoms with Gasteiger partial charge < -0.3 is 24.3 Å². The molecule has 1 aromatic carbocycles.